The third-order valence-corrected chi connectivity index (χ3v) is 3.60. The molecule has 2 aromatic rings. The number of hydrogen-bond acceptors (Lipinski definition) is 6. The summed E-state index contributed by atoms with van der Waals surface area (Å²) in [6.45, 7) is 4.21. The number of pyridine rings is 1. The second kappa shape index (κ2) is 5.99. The van der Waals surface area contributed by atoms with Gasteiger partial charge in [0.15, 0.2) is 0 Å². The summed E-state index contributed by atoms with van der Waals surface area (Å²) in [5.41, 5.74) is 4.85. The maximum Gasteiger partial charge on any atom is 0.0829 e. The van der Waals surface area contributed by atoms with Gasteiger partial charge in [-0.3, -0.25) is 16.3 Å². The van der Waals surface area contributed by atoms with Gasteiger partial charge in [-0.1, -0.05) is 24.4 Å². The largest absolute Gasteiger partial charge is 0.271 e. The maximum absolute atomic E-state index is 5.65. The molecule has 0 saturated carbocycles. The van der Waals surface area contributed by atoms with Gasteiger partial charge in [0.1, 0.15) is 0 Å². The zero-order valence-corrected chi connectivity index (χ0v) is 11.3. The molecule has 6 heteroatoms. The van der Waals surface area contributed by atoms with Crippen LogP contribution in [0.5, 0.6) is 0 Å². The lowest BCUT2D eigenvalue weighted by molar-refractivity contribution is 0.545. The summed E-state index contributed by atoms with van der Waals surface area (Å²) >= 11 is 1.40. The molecule has 2 heterocycles. The molecule has 0 saturated heterocycles. The van der Waals surface area contributed by atoms with E-state index in [-0.39, 0.29) is 6.04 Å². The molecule has 0 amide bonds. The zero-order chi connectivity index (χ0) is 13.0. The number of nitrogens with one attached hydrogen (secondary N) is 1. The molecule has 0 aromatic carbocycles. The summed E-state index contributed by atoms with van der Waals surface area (Å²) < 4.78 is 4.03. The molecule has 0 radical (unpaired) electrons. The van der Waals surface area contributed by atoms with Crippen LogP contribution in [-0.2, 0) is 6.42 Å². The molecule has 3 N–H and O–H groups in total. The minimum absolute atomic E-state index is 0.0114. The number of nitrogens with zero attached hydrogens (tertiary/aromatic N) is 3. The second-order valence-electron chi connectivity index (χ2n) is 4.42. The molecule has 0 bridgehead atoms. The summed E-state index contributed by atoms with van der Waals surface area (Å²) in [4.78, 5) is 5.41. The number of aromatic nitrogens is 3. The minimum Gasteiger partial charge on any atom is -0.271 e. The topological polar surface area (TPSA) is 76.7 Å². The van der Waals surface area contributed by atoms with E-state index in [1.807, 2.05) is 18.2 Å². The third-order valence-electron chi connectivity index (χ3n) is 2.74. The van der Waals surface area contributed by atoms with Gasteiger partial charge in [0.2, 0.25) is 0 Å². The van der Waals surface area contributed by atoms with Gasteiger partial charge in [-0.2, -0.15) is 0 Å². The van der Waals surface area contributed by atoms with Crippen LogP contribution in [0.4, 0.5) is 0 Å². The third kappa shape index (κ3) is 2.90. The van der Waals surface area contributed by atoms with E-state index in [0.717, 1.165) is 22.7 Å². The van der Waals surface area contributed by atoms with Gasteiger partial charge in [0, 0.05) is 18.3 Å². The molecule has 0 fully saturated rings. The van der Waals surface area contributed by atoms with Crippen molar-refractivity contribution in [1.82, 2.24) is 20.0 Å². The SMILES string of the molecule is CC(C)c1nnsc1C(Cc1ccccn1)NN. The van der Waals surface area contributed by atoms with Gasteiger partial charge in [0.25, 0.3) is 0 Å². The molecule has 1 atom stereocenters. The summed E-state index contributed by atoms with van der Waals surface area (Å²) in [5.74, 6) is 6.00. The van der Waals surface area contributed by atoms with Crippen LogP contribution in [0.3, 0.4) is 0 Å². The Kier molecular flexibility index (Phi) is 4.35. The lowest BCUT2D eigenvalue weighted by Gasteiger charge is -2.15. The van der Waals surface area contributed by atoms with Crippen molar-refractivity contribution < 1.29 is 0 Å². The normalized spacial score (nSPS) is 12.9. The molecule has 0 aliphatic rings. The number of hydrazine groups is 1. The van der Waals surface area contributed by atoms with Crippen LogP contribution in [0.1, 0.15) is 42.1 Å². The Labute approximate surface area is 111 Å². The highest BCUT2D eigenvalue weighted by molar-refractivity contribution is 7.05. The van der Waals surface area contributed by atoms with Crippen LogP contribution in [0.2, 0.25) is 0 Å². The fourth-order valence-electron chi connectivity index (χ4n) is 1.80. The second-order valence-corrected chi connectivity index (χ2v) is 5.21. The standard InChI is InChI=1S/C12H17N5S/c1-8(2)11-12(18-17-16-11)10(15-13)7-9-5-3-4-6-14-9/h3-6,8,10,15H,7,13H2,1-2H3. The van der Waals surface area contributed by atoms with Crippen molar-refractivity contribution in [3.05, 3.63) is 40.7 Å². The van der Waals surface area contributed by atoms with Crippen LogP contribution in [0, 0.1) is 0 Å². The monoisotopic (exact) mass is 263 g/mol. The molecule has 18 heavy (non-hydrogen) atoms. The Morgan fingerprint density at radius 3 is 2.83 bits per heavy atom. The van der Waals surface area contributed by atoms with E-state index in [9.17, 15) is 0 Å². The summed E-state index contributed by atoms with van der Waals surface area (Å²) in [6.07, 6.45) is 2.53. The van der Waals surface area contributed by atoms with Gasteiger partial charge < -0.3 is 0 Å². The molecular weight excluding hydrogens is 246 g/mol. The molecule has 5 nitrogen and oxygen atoms in total. The quantitative estimate of drug-likeness (QED) is 0.635. The average molecular weight is 263 g/mol. The summed E-state index contributed by atoms with van der Waals surface area (Å²) in [5, 5.41) is 4.18. The van der Waals surface area contributed by atoms with Crippen LogP contribution < -0.4 is 11.3 Å². The predicted molar refractivity (Wildman–Crippen MR) is 72.0 cm³/mol. The lowest BCUT2D eigenvalue weighted by atomic mass is 10.0. The summed E-state index contributed by atoms with van der Waals surface area (Å²) in [7, 11) is 0. The molecule has 2 aromatic heterocycles. The van der Waals surface area contributed by atoms with Gasteiger partial charge in [-0.15, -0.1) is 5.10 Å². The Balaban J connectivity index is 2.21. The minimum atomic E-state index is 0.0114. The highest BCUT2D eigenvalue weighted by atomic mass is 32.1. The average Bonchev–Trinajstić information content (AvgIpc) is 2.86. The Morgan fingerprint density at radius 2 is 2.22 bits per heavy atom. The number of rotatable bonds is 5. The van der Waals surface area contributed by atoms with Crippen molar-refractivity contribution in [2.45, 2.75) is 32.2 Å². The van der Waals surface area contributed by atoms with Crippen LogP contribution in [-0.4, -0.2) is 14.6 Å². The first-order chi connectivity index (χ1) is 8.72. The lowest BCUT2D eigenvalue weighted by Crippen LogP contribution is -2.30. The highest BCUT2D eigenvalue weighted by Gasteiger charge is 2.20. The fourth-order valence-corrected chi connectivity index (χ4v) is 2.67. The van der Waals surface area contributed by atoms with Crippen molar-refractivity contribution in [1.29, 1.82) is 0 Å². The molecule has 0 aliphatic carbocycles. The van der Waals surface area contributed by atoms with E-state index in [4.69, 9.17) is 5.84 Å². The number of nitrogens with two attached hydrogens (primary N) is 1. The maximum atomic E-state index is 5.65. The van der Waals surface area contributed by atoms with E-state index in [1.165, 1.54) is 11.5 Å². The first-order valence-corrected chi connectivity index (χ1v) is 6.68. The molecule has 2 rings (SSSR count). The molecule has 1 unspecified atom stereocenters. The Morgan fingerprint density at radius 1 is 1.39 bits per heavy atom. The summed E-state index contributed by atoms with van der Waals surface area (Å²) in [6, 6.07) is 5.89. The van der Waals surface area contributed by atoms with Crippen LogP contribution in [0.15, 0.2) is 24.4 Å². The van der Waals surface area contributed by atoms with E-state index in [2.05, 4.69) is 33.8 Å². The first kappa shape index (κ1) is 13.1. The molecule has 0 spiro atoms. The van der Waals surface area contributed by atoms with Gasteiger partial charge in [-0.25, -0.2) is 0 Å². The van der Waals surface area contributed by atoms with Crippen molar-refractivity contribution >= 4 is 11.5 Å². The molecule has 96 valence electrons. The van der Waals surface area contributed by atoms with Crippen molar-refractivity contribution in [3.63, 3.8) is 0 Å². The number of hydrogen-bond donors (Lipinski definition) is 2. The zero-order valence-electron chi connectivity index (χ0n) is 10.5. The molecule has 0 aliphatic heterocycles. The molecular formula is C12H17N5S. The van der Waals surface area contributed by atoms with Crippen molar-refractivity contribution in [3.8, 4) is 0 Å². The van der Waals surface area contributed by atoms with E-state index in [0.29, 0.717) is 5.92 Å². The van der Waals surface area contributed by atoms with E-state index < -0.39 is 0 Å². The fraction of sp³-hybridized carbons (Fsp3) is 0.417. The van der Waals surface area contributed by atoms with Gasteiger partial charge >= 0.3 is 0 Å². The Hall–Kier alpha value is -1.37. The van der Waals surface area contributed by atoms with Crippen molar-refractivity contribution in [2.24, 2.45) is 5.84 Å². The van der Waals surface area contributed by atoms with Gasteiger partial charge in [-0.05, 0) is 29.6 Å². The van der Waals surface area contributed by atoms with Crippen molar-refractivity contribution in [2.75, 3.05) is 0 Å². The smallest absolute Gasteiger partial charge is 0.0829 e. The van der Waals surface area contributed by atoms with Crippen LogP contribution >= 0.6 is 11.5 Å². The van der Waals surface area contributed by atoms with Gasteiger partial charge in [0.05, 0.1) is 16.6 Å². The highest BCUT2D eigenvalue weighted by Crippen LogP contribution is 2.27. The predicted octanol–water partition coefficient (Wildman–Crippen LogP) is 1.80. The van der Waals surface area contributed by atoms with Crippen LogP contribution in [0.25, 0.3) is 0 Å². The van der Waals surface area contributed by atoms with E-state index in [1.54, 1.807) is 6.20 Å². The Bertz CT molecular complexity index is 482. The van der Waals surface area contributed by atoms with E-state index >= 15 is 0 Å². The first-order valence-electron chi connectivity index (χ1n) is 5.90.